The molecule has 0 unspecified atom stereocenters. The van der Waals surface area contributed by atoms with E-state index in [2.05, 4.69) is 15.0 Å². The molecule has 2 heterocycles. The Morgan fingerprint density at radius 3 is 2.46 bits per heavy atom. The smallest absolute Gasteiger partial charge is 0.151 e. The normalized spacial score (nSPS) is 15.3. The third-order valence-corrected chi connectivity index (χ3v) is 4.93. The van der Waals surface area contributed by atoms with Gasteiger partial charge in [0, 0.05) is 42.8 Å². The largest absolute Gasteiger partial charge is 0.506 e. The molecule has 1 aliphatic heterocycles. The number of piperazine rings is 1. The maximum atomic E-state index is 10.0. The molecule has 3 aromatic rings. The summed E-state index contributed by atoms with van der Waals surface area (Å²) in [6.07, 6.45) is 0. The maximum Gasteiger partial charge on any atom is 0.151 e. The van der Waals surface area contributed by atoms with Gasteiger partial charge in [0.05, 0.1) is 12.2 Å². The molecule has 0 amide bonds. The van der Waals surface area contributed by atoms with Crippen molar-refractivity contribution in [1.29, 1.82) is 0 Å². The Balaban J connectivity index is 1.36. The van der Waals surface area contributed by atoms with Gasteiger partial charge in [0.1, 0.15) is 11.4 Å². The molecule has 1 fully saturated rings. The molecule has 0 radical (unpaired) electrons. The van der Waals surface area contributed by atoms with Crippen molar-refractivity contribution in [2.24, 2.45) is 0 Å². The fraction of sp³-hybridized carbons (Fsp3) is 0.250. The zero-order valence-corrected chi connectivity index (χ0v) is 15.1. The summed E-state index contributed by atoms with van der Waals surface area (Å²) >= 11 is 5.93. The molecule has 0 saturated carbocycles. The first-order valence-electron chi connectivity index (χ1n) is 8.66. The predicted octanol–water partition coefficient (Wildman–Crippen LogP) is 4.02. The summed E-state index contributed by atoms with van der Waals surface area (Å²) in [6, 6.07) is 17.1. The van der Waals surface area contributed by atoms with Gasteiger partial charge in [0.15, 0.2) is 5.76 Å². The molecule has 1 N–H and O–H groups in total. The minimum Gasteiger partial charge on any atom is -0.506 e. The monoisotopic (exact) mass is 369 g/mol. The topological polar surface area (TPSA) is 52.7 Å². The fourth-order valence-corrected chi connectivity index (χ4v) is 3.37. The van der Waals surface area contributed by atoms with E-state index in [0.717, 1.165) is 55.4 Å². The van der Waals surface area contributed by atoms with E-state index >= 15 is 0 Å². The molecular formula is C20H20ClN3O2. The summed E-state index contributed by atoms with van der Waals surface area (Å²) in [6.45, 7) is 4.29. The number of para-hydroxylation sites is 2. The van der Waals surface area contributed by atoms with Crippen LogP contribution >= 0.6 is 11.6 Å². The van der Waals surface area contributed by atoms with Crippen LogP contribution in [0.4, 0.5) is 5.69 Å². The summed E-state index contributed by atoms with van der Waals surface area (Å²) in [5.74, 6) is 1.19. The van der Waals surface area contributed by atoms with Crippen LogP contribution in [0.1, 0.15) is 5.76 Å². The standard InChI is InChI=1S/C20H20ClN3O2/c21-16-7-5-15(6-8-16)18-13-17(26-22-18)14-23-9-11-24(12-10-23)19-3-1-2-4-20(19)25/h1-8,13,25H,9-12,14H2. The van der Waals surface area contributed by atoms with Crippen molar-refractivity contribution in [2.45, 2.75) is 6.54 Å². The highest BCUT2D eigenvalue weighted by molar-refractivity contribution is 6.30. The van der Waals surface area contributed by atoms with Crippen LogP contribution in [0, 0.1) is 0 Å². The molecule has 0 bridgehead atoms. The van der Waals surface area contributed by atoms with Crippen molar-refractivity contribution in [3.63, 3.8) is 0 Å². The van der Waals surface area contributed by atoms with Gasteiger partial charge in [-0.25, -0.2) is 0 Å². The molecule has 134 valence electrons. The summed E-state index contributed by atoms with van der Waals surface area (Å²) in [5.41, 5.74) is 2.72. The van der Waals surface area contributed by atoms with Crippen molar-refractivity contribution in [1.82, 2.24) is 10.1 Å². The van der Waals surface area contributed by atoms with Gasteiger partial charge in [-0.15, -0.1) is 0 Å². The lowest BCUT2D eigenvalue weighted by atomic mass is 10.1. The van der Waals surface area contributed by atoms with Gasteiger partial charge in [0.25, 0.3) is 0 Å². The van der Waals surface area contributed by atoms with Crippen molar-refractivity contribution in [3.8, 4) is 17.0 Å². The number of hydrogen-bond donors (Lipinski definition) is 1. The highest BCUT2D eigenvalue weighted by Crippen LogP contribution is 2.27. The van der Waals surface area contributed by atoms with Crippen molar-refractivity contribution >= 4 is 17.3 Å². The van der Waals surface area contributed by atoms with Gasteiger partial charge in [-0.1, -0.05) is 41.0 Å². The number of phenols is 1. The molecule has 1 aliphatic rings. The highest BCUT2D eigenvalue weighted by Gasteiger charge is 2.20. The molecule has 1 aromatic heterocycles. The summed E-state index contributed by atoms with van der Waals surface area (Å²) in [5, 5.41) is 14.9. The van der Waals surface area contributed by atoms with Crippen LogP contribution in [0.2, 0.25) is 5.02 Å². The zero-order chi connectivity index (χ0) is 17.9. The lowest BCUT2D eigenvalue weighted by Gasteiger charge is -2.35. The Morgan fingerprint density at radius 2 is 1.73 bits per heavy atom. The molecule has 0 aliphatic carbocycles. The minimum atomic E-state index is 0.337. The number of anilines is 1. The maximum absolute atomic E-state index is 10.0. The van der Waals surface area contributed by atoms with Gasteiger partial charge < -0.3 is 14.5 Å². The second-order valence-corrected chi connectivity index (χ2v) is 6.87. The molecule has 0 atom stereocenters. The third-order valence-electron chi connectivity index (χ3n) is 4.67. The summed E-state index contributed by atoms with van der Waals surface area (Å²) in [4.78, 5) is 4.55. The first-order valence-corrected chi connectivity index (χ1v) is 9.04. The lowest BCUT2D eigenvalue weighted by molar-refractivity contribution is 0.219. The summed E-state index contributed by atoms with van der Waals surface area (Å²) in [7, 11) is 0. The van der Waals surface area contributed by atoms with Crippen LogP contribution in [-0.2, 0) is 6.54 Å². The Labute approximate surface area is 157 Å². The van der Waals surface area contributed by atoms with Crippen LogP contribution < -0.4 is 4.90 Å². The highest BCUT2D eigenvalue weighted by atomic mass is 35.5. The molecule has 5 nitrogen and oxygen atoms in total. The fourth-order valence-electron chi connectivity index (χ4n) is 3.24. The van der Waals surface area contributed by atoms with E-state index in [9.17, 15) is 5.11 Å². The van der Waals surface area contributed by atoms with Crippen molar-refractivity contribution in [3.05, 3.63) is 65.4 Å². The number of hydrogen-bond acceptors (Lipinski definition) is 5. The molecular weight excluding hydrogens is 350 g/mol. The van der Waals surface area contributed by atoms with Gasteiger partial charge >= 0.3 is 0 Å². The lowest BCUT2D eigenvalue weighted by Crippen LogP contribution is -2.45. The second kappa shape index (κ2) is 7.40. The van der Waals surface area contributed by atoms with Crippen LogP contribution in [0.25, 0.3) is 11.3 Å². The van der Waals surface area contributed by atoms with Gasteiger partial charge in [-0.05, 0) is 24.3 Å². The molecule has 0 spiro atoms. The van der Waals surface area contributed by atoms with E-state index in [0.29, 0.717) is 10.8 Å². The Morgan fingerprint density at radius 1 is 1.00 bits per heavy atom. The number of benzene rings is 2. The van der Waals surface area contributed by atoms with Crippen molar-refractivity contribution < 1.29 is 9.63 Å². The predicted molar refractivity (Wildman–Crippen MR) is 103 cm³/mol. The van der Waals surface area contributed by atoms with Crippen LogP contribution in [0.5, 0.6) is 5.75 Å². The van der Waals surface area contributed by atoms with E-state index in [-0.39, 0.29) is 0 Å². The second-order valence-electron chi connectivity index (χ2n) is 6.44. The Hall–Kier alpha value is -2.50. The third kappa shape index (κ3) is 3.69. The number of halogens is 1. The molecule has 2 aromatic carbocycles. The molecule has 4 rings (SSSR count). The van der Waals surface area contributed by atoms with Gasteiger partial charge in [-0.2, -0.15) is 0 Å². The average molecular weight is 370 g/mol. The first-order chi connectivity index (χ1) is 12.7. The SMILES string of the molecule is Oc1ccccc1N1CCN(Cc2cc(-c3ccc(Cl)cc3)no2)CC1. The van der Waals surface area contributed by atoms with Crippen LogP contribution in [-0.4, -0.2) is 41.3 Å². The van der Waals surface area contributed by atoms with E-state index in [1.165, 1.54) is 0 Å². The van der Waals surface area contributed by atoms with E-state index in [1.54, 1.807) is 6.07 Å². The van der Waals surface area contributed by atoms with Crippen molar-refractivity contribution in [2.75, 3.05) is 31.1 Å². The number of nitrogens with zero attached hydrogens (tertiary/aromatic N) is 3. The minimum absolute atomic E-state index is 0.337. The number of rotatable bonds is 4. The number of aromatic hydroxyl groups is 1. The molecule has 26 heavy (non-hydrogen) atoms. The Bertz CT molecular complexity index is 871. The van der Waals surface area contributed by atoms with Crippen LogP contribution in [0.15, 0.2) is 59.1 Å². The zero-order valence-electron chi connectivity index (χ0n) is 14.3. The van der Waals surface area contributed by atoms with E-state index in [1.807, 2.05) is 48.5 Å². The quantitative estimate of drug-likeness (QED) is 0.752. The van der Waals surface area contributed by atoms with E-state index < -0.39 is 0 Å². The van der Waals surface area contributed by atoms with Gasteiger partial charge in [0.2, 0.25) is 0 Å². The van der Waals surface area contributed by atoms with E-state index in [4.69, 9.17) is 16.1 Å². The molecule has 1 saturated heterocycles. The molecule has 6 heteroatoms. The Kier molecular flexibility index (Phi) is 4.82. The van der Waals surface area contributed by atoms with Gasteiger partial charge in [-0.3, -0.25) is 4.90 Å². The number of aromatic nitrogens is 1. The first kappa shape index (κ1) is 16.9. The number of phenolic OH excluding ortho intramolecular Hbond substituents is 1. The van der Waals surface area contributed by atoms with Crippen LogP contribution in [0.3, 0.4) is 0 Å². The average Bonchev–Trinajstić information content (AvgIpc) is 3.12. The summed E-state index contributed by atoms with van der Waals surface area (Å²) < 4.78 is 5.50.